The standard InChI is InChI=1S/C18H17F2N3OS/c1-22(2)10-11-23(17(24)12-6-3-4-7-13(12)19)18-21-16-14(20)8-5-9-15(16)25-18/h3-9H,10-11H2,1-2H3. The Morgan fingerprint density at radius 3 is 2.44 bits per heavy atom. The van der Waals surface area contributed by atoms with Gasteiger partial charge >= 0.3 is 0 Å². The third-order valence-corrected chi connectivity index (χ3v) is 4.75. The average molecular weight is 361 g/mol. The summed E-state index contributed by atoms with van der Waals surface area (Å²) in [6, 6.07) is 10.5. The number of aromatic nitrogens is 1. The molecule has 0 atom stereocenters. The van der Waals surface area contributed by atoms with Gasteiger partial charge < -0.3 is 4.90 Å². The van der Waals surface area contributed by atoms with Gasteiger partial charge in [-0.15, -0.1) is 0 Å². The van der Waals surface area contributed by atoms with Crippen molar-refractivity contribution >= 4 is 32.6 Å². The summed E-state index contributed by atoms with van der Waals surface area (Å²) in [7, 11) is 3.76. The molecule has 25 heavy (non-hydrogen) atoms. The lowest BCUT2D eigenvalue weighted by atomic mass is 10.2. The summed E-state index contributed by atoms with van der Waals surface area (Å²) in [5, 5.41) is 0.357. The van der Waals surface area contributed by atoms with Gasteiger partial charge in [-0.3, -0.25) is 9.69 Å². The molecule has 0 unspecified atom stereocenters. The number of benzene rings is 2. The van der Waals surface area contributed by atoms with Gasteiger partial charge in [-0.25, -0.2) is 13.8 Å². The molecule has 2 aromatic carbocycles. The van der Waals surface area contributed by atoms with E-state index < -0.39 is 17.5 Å². The van der Waals surface area contributed by atoms with Crippen LogP contribution in [0, 0.1) is 11.6 Å². The number of nitrogens with zero attached hydrogens (tertiary/aromatic N) is 3. The highest BCUT2D eigenvalue weighted by Gasteiger charge is 2.24. The highest BCUT2D eigenvalue weighted by atomic mass is 32.1. The Balaban J connectivity index is 2.03. The van der Waals surface area contributed by atoms with E-state index in [4.69, 9.17) is 0 Å². The lowest BCUT2D eigenvalue weighted by Crippen LogP contribution is -2.37. The van der Waals surface area contributed by atoms with E-state index in [0.717, 1.165) is 0 Å². The predicted molar refractivity (Wildman–Crippen MR) is 96.2 cm³/mol. The van der Waals surface area contributed by atoms with Crippen molar-refractivity contribution in [3.8, 4) is 0 Å². The van der Waals surface area contributed by atoms with Gasteiger partial charge in [0.25, 0.3) is 5.91 Å². The van der Waals surface area contributed by atoms with E-state index >= 15 is 0 Å². The number of para-hydroxylation sites is 1. The first-order valence-corrected chi connectivity index (χ1v) is 8.55. The average Bonchev–Trinajstić information content (AvgIpc) is 3.00. The van der Waals surface area contributed by atoms with Gasteiger partial charge in [-0.2, -0.15) is 0 Å². The summed E-state index contributed by atoms with van der Waals surface area (Å²) in [5.41, 5.74) is 0.194. The maximum Gasteiger partial charge on any atom is 0.263 e. The lowest BCUT2D eigenvalue weighted by molar-refractivity contribution is 0.0981. The van der Waals surface area contributed by atoms with E-state index in [-0.39, 0.29) is 11.1 Å². The molecule has 0 bridgehead atoms. The molecular formula is C18H17F2N3OS. The fraction of sp³-hybridized carbons (Fsp3) is 0.222. The van der Waals surface area contributed by atoms with Crippen molar-refractivity contribution in [2.24, 2.45) is 0 Å². The highest BCUT2D eigenvalue weighted by molar-refractivity contribution is 7.22. The largest absolute Gasteiger partial charge is 0.308 e. The molecule has 1 amide bonds. The van der Waals surface area contributed by atoms with Crippen LogP contribution in [0.15, 0.2) is 42.5 Å². The van der Waals surface area contributed by atoms with Gasteiger partial charge in [0.15, 0.2) is 5.13 Å². The minimum atomic E-state index is -0.588. The Bertz CT molecular complexity index is 910. The summed E-state index contributed by atoms with van der Waals surface area (Å²) in [6.07, 6.45) is 0. The van der Waals surface area contributed by atoms with Crippen LogP contribution in [0.25, 0.3) is 10.2 Å². The Morgan fingerprint density at radius 1 is 1.04 bits per heavy atom. The molecule has 4 nitrogen and oxygen atoms in total. The minimum Gasteiger partial charge on any atom is -0.308 e. The molecule has 0 saturated heterocycles. The normalized spacial score (nSPS) is 11.2. The number of carbonyl (C=O) groups is 1. The van der Waals surface area contributed by atoms with Gasteiger partial charge in [0.2, 0.25) is 0 Å². The number of hydrogen-bond acceptors (Lipinski definition) is 4. The summed E-state index contributed by atoms with van der Waals surface area (Å²) in [4.78, 5) is 20.5. The van der Waals surface area contributed by atoms with Crippen LogP contribution >= 0.6 is 11.3 Å². The Labute approximate surface area is 148 Å². The second-order valence-corrected chi connectivity index (χ2v) is 6.83. The zero-order chi connectivity index (χ0) is 18.0. The highest BCUT2D eigenvalue weighted by Crippen LogP contribution is 2.31. The van der Waals surface area contributed by atoms with Crippen molar-refractivity contribution in [3.05, 3.63) is 59.7 Å². The molecule has 0 fully saturated rings. The molecule has 130 valence electrons. The van der Waals surface area contributed by atoms with Crippen molar-refractivity contribution in [1.29, 1.82) is 0 Å². The van der Waals surface area contributed by atoms with Crippen LogP contribution < -0.4 is 4.90 Å². The first kappa shape index (κ1) is 17.4. The van der Waals surface area contributed by atoms with E-state index in [1.54, 1.807) is 18.2 Å². The zero-order valence-corrected chi connectivity index (χ0v) is 14.7. The molecule has 0 aliphatic rings. The third-order valence-electron chi connectivity index (χ3n) is 3.71. The van der Waals surface area contributed by atoms with E-state index in [2.05, 4.69) is 4.98 Å². The quantitative estimate of drug-likeness (QED) is 0.694. The van der Waals surface area contributed by atoms with Gasteiger partial charge in [-0.1, -0.05) is 29.5 Å². The van der Waals surface area contributed by atoms with Gasteiger partial charge in [-0.05, 0) is 38.4 Å². The molecule has 1 heterocycles. The van der Waals surface area contributed by atoms with Crippen molar-refractivity contribution in [2.45, 2.75) is 0 Å². The van der Waals surface area contributed by atoms with Crippen LogP contribution in [0.4, 0.5) is 13.9 Å². The topological polar surface area (TPSA) is 36.4 Å². The molecule has 3 rings (SSSR count). The van der Waals surface area contributed by atoms with Gasteiger partial charge in [0.05, 0.1) is 10.3 Å². The fourth-order valence-electron chi connectivity index (χ4n) is 2.38. The Hall–Kier alpha value is -2.38. The van der Waals surface area contributed by atoms with Crippen molar-refractivity contribution in [1.82, 2.24) is 9.88 Å². The van der Waals surface area contributed by atoms with Crippen LogP contribution in [-0.4, -0.2) is 43.0 Å². The number of carbonyl (C=O) groups excluding carboxylic acids is 1. The molecule has 0 radical (unpaired) electrons. The molecule has 0 aliphatic heterocycles. The third kappa shape index (κ3) is 3.67. The van der Waals surface area contributed by atoms with Crippen molar-refractivity contribution in [3.63, 3.8) is 0 Å². The van der Waals surface area contributed by atoms with E-state index in [1.807, 2.05) is 19.0 Å². The van der Waals surface area contributed by atoms with Crippen LogP contribution in [0.5, 0.6) is 0 Å². The maximum atomic E-state index is 14.0. The van der Waals surface area contributed by atoms with Crippen LogP contribution in [0.3, 0.4) is 0 Å². The maximum absolute atomic E-state index is 14.0. The Morgan fingerprint density at radius 2 is 1.76 bits per heavy atom. The number of anilines is 1. The van der Waals surface area contributed by atoms with Crippen LogP contribution in [0.2, 0.25) is 0 Å². The van der Waals surface area contributed by atoms with Gasteiger partial charge in [0.1, 0.15) is 17.2 Å². The summed E-state index contributed by atoms with van der Waals surface area (Å²) in [5.74, 6) is -1.51. The summed E-state index contributed by atoms with van der Waals surface area (Å²) in [6.45, 7) is 0.889. The molecule has 0 saturated carbocycles. The second-order valence-electron chi connectivity index (χ2n) is 5.82. The smallest absolute Gasteiger partial charge is 0.263 e. The van der Waals surface area contributed by atoms with Crippen LogP contribution in [-0.2, 0) is 0 Å². The number of rotatable bonds is 5. The Kier molecular flexibility index (Phi) is 5.06. The molecule has 0 N–H and O–H groups in total. The number of likely N-dealkylation sites (N-methyl/N-ethyl adjacent to an activating group) is 1. The zero-order valence-electron chi connectivity index (χ0n) is 13.9. The lowest BCUT2D eigenvalue weighted by Gasteiger charge is -2.22. The van der Waals surface area contributed by atoms with Crippen molar-refractivity contribution < 1.29 is 13.6 Å². The predicted octanol–water partition coefficient (Wildman–Crippen LogP) is 3.78. The summed E-state index contributed by atoms with van der Waals surface area (Å²) >= 11 is 1.21. The molecule has 3 aromatic rings. The monoisotopic (exact) mass is 361 g/mol. The fourth-order valence-corrected chi connectivity index (χ4v) is 3.39. The van der Waals surface area contributed by atoms with E-state index in [1.165, 1.54) is 40.5 Å². The number of thiazole rings is 1. The number of halogens is 2. The number of fused-ring (bicyclic) bond motifs is 1. The molecule has 7 heteroatoms. The number of amides is 1. The molecule has 0 spiro atoms. The van der Waals surface area contributed by atoms with Gasteiger partial charge in [0, 0.05) is 13.1 Å². The summed E-state index contributed by atoms with van der Waals surface area (Å²) < 4.78 is 28.6. The first-order chi connectivity index (χ1) is 12.0. The minimum absolute atomic E-state index is 0.0269. The number of hydrogen-bond donors (Lipinski definition) is 0. The van der Waals surface area contributed by atoms with E-state index in [0.29, 0.717) is 22.9 Å². The second kappa shape index (κ2) is 7.25. The van der Waals surface area contributed by atoms with E-state index in [9.17, 15) is 13.6 Å². The van der Waals surface area contributed by atoms with Crippen LogP contribution in [0.1, 0.15) is 10.4 Å². The molecule has 0 aliphatic carbocycles. The first-order valence-electron chi connectivity index (χ1n) is 7.73. The molecular weight excluding hydrogens is 344 g/mol. The molecule has 1 aromatic heterocycles. The van der Waals surface area contributed by atoms with Crippen molar-refractivity contribution in [2.75, 3.05) is 32.1 Å². The SMILES string of the molecule is CN(C)CCN(C(=O)c1ccccc1F)c1nc2c(F)cccc2s1.